The molecule has 14 heteroatoms. The van der Waals surface area contributed by atoms with Gasteiger partial charge in [-0.05, 0) is 30.3 Å². The van der Waals surface area contributed by atoms with Crippen molar-refractivity contribution in [3.05, 3.63) is 84.1 Å². The quantitative estimate of drug-likeness (QED) is 0.297. The van der Waals surface area contributed by atoms with Gasteiger partial charge in [0.25, 0.3) is 0 Å². The van der Waals surface area contributed by atoms with Gasteiger partial charge in [-0.1, -0.05) is 24.3 Å². The van der Waals surface area contributed by atoms with Crippen LogP contribution in [0, 0.1) is 5.82 Å². The standard InChI is InChI=1S/C25H25FN10O2S/c1-34(2)39(37,38)36(15-17-9-5-6-12-29-17)21-22(27)31-24(32-23(21)28)20-18-10-7-13-30-25(18)35(33-20)14-16-8-3-4-11-19(16)26/h3-13H,14-15H2,1-2H3,(H4,27,28,31,32). The number of rotatable bonds is 8. The molecular weight excluding hydrogens is 523 g/mol. The number of nitrogen functional groups attached to an aromatic ring is 2. The number of hydrogen-bond acceptors (Lipinski definition) is 9. The molecule has 0 amide bonds. The highest BCUT2D eigenvalue weighted by atomic mass is 32.2. The van der Waals surface area contributed by atoms with Crippen molar-refractivity contribution in [2.45, 2.75) is 13.1 Å². The molecular formula is C25H25FN10O2S. The number of hydrogen-bond donors (Lipinski definition) is 2. The second-order valence-corrected chi connectivity index (χ2v) is 10.8. The van der Waals surface area contributed by atoms with E-state index in [-0.39, 0.29) is 42.1 Å². The highest BCUT2D eigenvalue weighted by Gasteiger charge is 2.31. The number of halogens is 1. The van der Waals surface area contributed by atoms with Crippen LogP contribution in [0.4, 0.5) is 21.7 Å². The van der Waals surface area contributed by atoms with Crippen molar-refractivity contribution in [1.29, 1.82) is 0 Å². The summed E-state index contributed by atoms with van der Waals surface area (Å²) in [5, 5.41) is 5.19. The number of pyridine rings is 2. The number of nitrogens with zero attached hydrogens (tertiary/aromatic N) is 8. The van der Waals surface area contributed by atoms with E-state index in [0.29, 0.717) is 28.0 Å². The van der Waals surface area contributed by atoms with Gasteiger partial charge in [0, 0.05) is 32.1 Å². The molecule has 4 N–H and O–H groups in total. The normalized spacial score (nSPS) is 11.8. The lowest BCUT2D eigenvalue weighted by molar-refractivity contribution is 0.514. The summed E-state index contributed by atoms with van der Waals surface area (Å²) in [4.78, 5) is 17.4. The van der Waals surface area contributed by atoms with Crippen molar-refractivity contribution in [3.63, 3.8) is 0 Å². The van der Waals surface area contributed by atoms with Crippen LogP contribution < -0.4 is 15.8 Å². The summed E-state index contributed by atoms with van der Waals surface area (Å²) in [6.07, 6.45) is 3.15. The summed E-state index contributed by atoms with van der Waals surface area (Å²) in [5.41, 5.74) is 14.3. The van der Waals surface area contributed by atoms with Crippen LogP contribution in [0.15, 0.2) is 67.0 Å². The predicted octanol–water partition coefficient (Wildman–Crippen LogP) is 2.45. The second kappa shape index (κ2) is 10.2. The van der Waals surface area contributed by atoms with Gasteiger partial charge in [0.15, 0.2) is 23.1 Å². The fourth-order valence-corrected chi connectivity index (χ4v) is 5.14. The summed E-state index contributed by atoms with van der Waals surface area (Å²) in [7, 11) is -1.28. The first kappa shape index (κ1) is 25.9. The molecule has 0 radical (unpaired) electrons. The van der Waals surface area contributed by atoms with Crippen LogP contribution in [-0.2, 0) is 23.3 Å². The fraction of sp³-hybridized carbons (Fsp3) is 0.160. The molecule has 39 heavy (non-hydrogen) atoms. The molecule has 0 spiro atoms. The molecule has 1 aromatic carbocycles. The minimum Gasteiger partial charge on any atom is -0.382 e. The third kappa shape index (κ3) is 4.94. The maximum absolute atomic E-state index is 14.4. The zero-order valence-corrected chi connectivity index (χ0v) is 21.9. The van der Waals surface area contributed by atoms with Crippen molar-refractivity contribution >= 4 is 38.6 Å². The van der Waals surface area contributed by atoms with Crippen LogP contribution in [0.2, 0.25) is 0 Å². The Bertz CT molecular complexity index is 1740. The zero-order chi connectivity index (χ0) is 27.7. The van der Waals surface area contributed by atoms with Gasteiger partial charge in [-0.2, -0.15) is 17.8 Å². The van der Waals surface area contributed by atoms with Crippen molar-refractivity contribution in [1.82, 2.24) is 34.0 Å². The molecule has 4 aromatic heterocycles. The van der Waals surface area contributed by atoms with E-state index in [1.54, 1.807) is 60.9 Å². The SMILES string of the molecule is CN(C)S(=O)(=O)N(Cc1ccccn1)c1c(N)nc(-c2nn(Cc3ccccc3F)c3ncccc23)nc1N. The maximum atomic E-state index is 14.4. The molecule has 12 nitrogen and oxygen atoms in total. The summed E-state index contributed by atoms with van der Waals surface area (Å²) in [5.74, 6) is -0.638. The molecule has 0 atom stereocenters. The molecule has 200 valence electrons. The smallest absolute Gasteiger partial charge is 0.304 e. The Balaban J connectivity index is 1.61. The van der Waals surface area contributed by atoms with Crippen LogP contribution in [0.5, 0.6) is 0 Å². The van der Waals surface area contributed by atoms with Gasteiger partial charge >= 0.3 is 10.2 Å². The van der Waals surface area contributed by atoms with Gasteiger partial charge in [-0.3, -0.25) is 4.98 Å². The number of benzene rings is 1. The van der Waals surface area contributed by atoms with Crippen LogP contribution in [0.1, 0.15) is 11.3 Å². The average molecular weight is 549 g/mol. The maximum Gasteiger partial charge on any atom is 0.304 e. The molecule has 0 saturated carbocycles. The molecule has 4 heterocycles. The summed E-state index contributed by atoms with van der Waals surface area (Å²) in [6.45, 7) is -0.0370. The number of aromatic nitrogens is 6. The fourth-order valence-electron chi connectivity index (χ4n) is 4.04. The first-order valence-corrected chi connectivity index (χ1v) is 13.1. The Kier molecular flexibility index (Phi) is 6.80. The van der Waals surface area contributed by atoms with Gasteiger partial charge in [0.05, 0.1) is 24.2 Å². The second-order valence-electron chi connectivity index (χ2n) is 8.76. The van der Waals surface area contributed by atoms with Crippen LogP contribution in [-0.4, -0.2) is 56.5 Å². The lowest BCUT2D eigenvalue weighted by Gasteiger charge is -2.28. The van der Waals surface area contributed by atoms with Crippen LogP contribution in [0.25, 0.3) is 22.6 Å². The first-order valence-electron chi connectivity index (χ1n) is 11.7. The largest absolute Gasteiger partial charge is 0.382 e. The molecule has 5 aromatic rings. The monoisotopic (exact) mass is 548 g/mol. The molecule has 0 aliphatic rings. The van der Waals surface area contributed by atoms with E-state index >= 15 is 0 Å². The zero-order valence-electron chi connectivity index (χ0n) is 21.1. The molecule has 5 rings (SSSR count). The Morgan fingerprint density at radius 3 is 2.28 bits per heavy atom. The van der Waals surface area contributed by atoms with Gasteiger partial charge in [0.1, 0.15) is 17.2 Å². The number of fused-ring (bicyclic) bond motifs is 1. The van der Waals surface area contributed by atoms with Gasteiger partial charge in [-0.25, -0.2) is 28.3 Å². The third-order valence-electron chi connectivity index (χ3n) is 5.96. The molecule has 0 unspecified atom stereocenters. The molecule has 0 aliphatic heterocycles. The molecule has 0 saturated heterocycles. The third-order valence-corrected chi connectivity index (χ3v) is 7.75. The van der Waals surface area contributed by atoms with E-state index in [1.165, 1.54) is 24.8 Å². The van der Waals surface area contributed by atoms with Crippen molar-refractivity contribution < 1.29 is 12.8 Å². The Morgan fingerprint density at radius 1 is 0.923 bits per heavy atom. The Labute approximate surface area is 223 Å². The minimum absolute atomic E-state index is 0.0686. The van der Waals surface area contributed by atoms with E-state index in [4.69, 9.17) is 11.5 Å². The van der Waals surface area contributed by atoms with Gasteiger partial charge < -0.3 is 11.5 Å². The van der Waals surface area contributed by atoms with E-state index in [1.807, 2.05) is 0 Å². The first-order chi connectivity index (χ1) is 18.7. The minimum atomic E-state index is -4.06. The van der Waals surface area contributed by atoms with E-state index in [0.717, 1.165) is 8.61 Å². The van der Waals surface area contributed by atoms with Gasteiger partial charge in [-0.15, -0.1) is 0 Å². The Hall–Kier alpha value is -4.69. The summed E-state index contributed by atoms with van der Waals surface area (Å²) >= 11 is 0. The predicted molar refractivity (Wildman–Crippen MR) is 146 cm³/mol. The highest BCUT2D eigenvalue weighted by Crippen LogP contribution is 2.35. The number of anilines is 3. The lowest BCUT2D eigenvalue weighted by atomic mass is 10.2. The van der Waals surface area contributed by atoms with Crippen LogP contribution >= 0.6 is 0 Å². The van der Waals surface area contributed by atoms with E-state index in [2.05, 4.69) is 25.0 Å². The molecule has 0 bridgehead atoms. The summed E-state index contributed by atoms with van der Waals surface area (Å²) < 4.78 is 44.5. The van der Waals surface area contributed by atoms with Gasteiger partial charge in [0.2, 0.25) is 0 Å². The van der Waals surface area contributed by atoms with Crippen molar-refractivity contribution in [3.8, 4) is 11.5 Å². The average Bonchev–Trinajstić information content (AvgIpc) is 3.28. The lowest BCUT2D eigenvalue weighted by Crippen LogP contribution is -2.41. The van der Waals surface area contributed by atoms with Crippen molar-refractivity contribution in [2.24, 2.45) is 0 Å². The Morgan fingerprint density at radius 2 is 1.62 bits per heavy atom. The molecule has 0 fully saturated rings. The number of nitrogens with two attached hydrogens (primary N) is 2. The topological polar surface area (TPSA) is 162 Å². The highest BCUT2D eigenvalue weighted by molar-refractivity contribution is 7.90. The summed E-state index contributed by atoms with van der Waals surface area (Å²) in [6, 6.07) is 15.0. The van der Waals surface area contributed by atoms with Crippen molar-refractivity contribution in [2.75, 3.05) is 29.9 Å². The van der Waals surface area contributed by atoms with E-state index in [9.17, 15) is 12.8 Å². The van der Waals surface area contributed by atoms with Crippen LogP contribution in [0.3, 0.4) is 0 Å². The van der Waals surface area contributed by atoms with E-state index < -0.39 is 10.2 Å². The molecule has 0 aliphatic carbocycles.